The number of thiophene rings is 1. The predicted molar refractivity (Wildman–Crippen MR) is 154 cm³/mol. The Morgan fingerprint density at radius 2 is 1.61 bits per heavy atom. The van der Waals surface area contributed by atoms with E-state index in [1.807, 2.05) is 36.4 Å². The summed E-state index contributed by atoms with van der Waals surface area (Å²) in [7, 11) is 3.16. The topological polar surface area (TPSA) is 43.9 Å². The monoisotopic (exact) mass is 513 g/mol. The largest absolute Gasteiger partial charge is 0.302 e. The van der Waals surface area contributed by atoms with Crippen molar-refractivity contribution in [1.29, 1.82) is 0 Å². The molecule has 2 amide bonds. The third kappa shape index (κ3) is 4.67. The minimum atomic E-state index is -0.397. The van der Waals surface area contributed by atoms with Crippen LogP contribution in [0.1, 0.15) is 21.6 Å². The average molecular weight is 514 g/mol. The second-order valence-corrected chi connectivity index (χ2v) is 9.91. The molecule has 5 nitrogen and oxygen atoms in total. The maximum absolute atomic E-state index is 12.8. The first-order valence-electron chi connectivity index (χ1n) is 11.4. The number of carbonyl (C=O) groups is 2. The highest BCUT2D eigenvalue weighted by Gasteiger charge is 2.35. The maximum Gasteiger partial charge on any atom is 0.265 e. The Balaban J connectivity index is 1.82. The van der Waals surface area contributed by atoms with E-state index < -0.39 is 11.8 Å². The number of thiocarbonyl (C=S) groups is 1. The lowest BCUT2D eigenvalue weighted by molar-refractivity contribution is -0.132. The molecule has 0 aliphatic carbocycles. The van der Waals surface area contributed by atoms with Gasteiger partial charge < -0.3 is 4.90 Å². The Morgan fingerprint density at radius 3 is 2.25 bits per heavy atom. The molecule has 4 rings (SSSR count). The van der Waals surface area contributed by atoms with Crippen molar-refractivity contribution in [1.82, 2.24) is 9.80 Å². The highest BCUT2D eigenvalue weighted by molar-refractivity contribution is 7.80. The summed E-state index contributed by atoms with van der Waals surface area (Å²) in [6.45, 7) is 8.01. The van der Waals surface area contributed by atoms with Crippen molar-refractivity contribution in [3.8, 4) is 0 Å². The van der Waals surface area contributed by atoms with Crippen LogP contribution in [0, 0.1) is 13.8 Å². The number of amides is 2. The molecule has 0 N–H and O–H groups in total. The summed E-state index contributed by atoms with van der Waals surface area (Å²) in [4.78, 5) is 31.2. The van der Waals surface area contributed by atoms with Gasteiger partial charge in [0.05, 0.1) is 5.69 Å². The first-order chi connectivity index (χ1) is 17.2. The van der Waals surface area contributed by atoms with Crippen LogP contribution in [0.4, 0.5) is 16.4 Å². The molecule has 182 valence electrons. The molecular weight excluding hydrogens is 486 g/mol. The van der Waals surface area contributed by atoms with Gasteiger partial charge in [-0.25, -0.2) is 0 Å². The van der Waals surface area contributed by atoms with Crippen molar-refractivity contribution < 1.29 is 9.59 Å². The molecule has 7 heteroatoms. The van der Waals surface area contributed by atoms with Crippen LogP contribution in [0.15, 0.2) is 78.9 Å². The van der Waals surface area contributed by atoms with E-state index in [2.05, 4.69) is 55.7 Å². The molecule has 0 spiro atoms. The molecule has 0 bridgehead atoms. The van der Waals surface area contributed by atoms with E-state index >= 15 is 0 Å². The van der Waals surface area contributed by atoms with E-state index in [1.54, 1.807) is 26.2 Å². The number of rotatable bonds is 6. The number of carbonyl (C=O) groups excluding carboxylic acids is 2. The summed E-state index contributed by atoms with van der Waals surface area (Å²) in [6.07, 6.45) is 7.44. The normalized spacial score (nSPS) is 14.1. The Hall–Kier alpha value is -3.81. The number of anilines is 3. The molecular formula is C29H27N3O2S2. The molecule has 2 aromatic carbocycles. The molecule has 1 aliphatic heterocycles. The third-order valence-corrected chi connectivity index (χ3v) is 7.69. The Labute approximate surface area is 221 Å². The Kier molecular flexibility index (Phi) is 7.33. The average Bonchev–Trinajstić information content (AvgIpc) is 3.34. The van der Waals surface area contributed by atoms with Gasteiger partial charge >= 0.3 is 0 Å². The molecule has 1 fully saturated rings. The second-order valence-electron chi connectivity index (χ2n) is 8.45. The van der Waals surface area contributed by atoms with Gasteiger partial charge in [-0.2, -0.15) is 0 Å². The van der Waals surface area contributed by atoms with Gasteiger partial charge in [0.1, 0.15) is 10.6 Å². The zero-order valence-electron chi connectivity index (χ0n) is 20.7. The standard InChI is InChI=1S/C29H27N3O2S2/c1-6-7-13-23-19(2)14-16-25(20(23)3)32(21-11-9-8-10-12-21)26-17-15-22(36-26)18-24-27(33)30(4)29(35)31(5)28(24)34/h6-18H,1H2,2-5H3/b13-7-. The summed E-state index contributed by atoms with van der Waals surface area (Å²) in [5, 5.41) is 1.16. The lowest BCUT2D eigenvalue weighted by Gasteiger charge is -2.31. The summed E-state index contributed by atoms with van der Waals surface area (Å²) in [5.74, 6) is -0.794. The second kappa shape index (κ2) is 10.4. The van der Waals surface area contributed by atoms with Gasteiger partial charge in [0.15, 0.2) is 5.11 Å². The van der Waals surface area contributed by atoms with Crippen molar-refractivity contribution >= 4 is 69.0 Å². The van der Waals surface area contributed by atoms with Crippen LogP contribution in [0.3, 0.4) is 0 Å². The van der Waals surface area contributed by atoms with Crippen LogP contribution in [-0.4, -0.2) is 40.8 Å². The van der Waals surface area contributed by atoms with Crippen molar-refractivity contribution in [2.24, 2.45) is 0 Å². The van der Waals surface area contributed by atoms with Gasteiger partial charge in [0, 0.05) is 24.7 Å². The van der Waals surface area contributed by atoms with E-state index in [9.17, 15) is 9.59 Å². The van der Waals surface area contributed by atoms with E-state index in [-0.39, 0.29) is 10.7 Å². The van der Waals surface area contributed by atoms with Crippen molar-refractivity contribution in [3.63, 3.8) is 0 Å². The minimum Gasteiger partial charge on any atom is -0.302 e. The molecule has 2 heterocycles. The summed E-state index contributed by atoms with van der Waals surface area (Å²) >= 11 is 6.71. The molecule has 1 aliphatic rings. The van der Waals surface area contributed by atoms with Crippen molar-refractivity contribution in [2.75, 3.05) is 19.0 Å². The van der Waals surface area contributed by atoms with Crippen molar-refractivity contribution in [2.45, 2.75) is 13.8 Å². The number of nitrogens with zero attached hydrogens (tertiary/aromatic N) is 3. The summed E-state index contributed by atoms with van der Waals surface area (Å²) in [5.41, 5.74) is 5.62. The van der Waals surface area contributed by atoms with E-state index in [4.69, 9.17) is 12.2 Å². The molecule has 36 heavy (non-hydrogen) atoms. The zero-order valence-corrected chi connectivity index (χ0v) is 22.3. The molecule has 3 aromatic rings. The lowest BCUT2D eigenvalue weighted by atomic mass is 9.99. The quantitative estimate of drug-likeness (QED) is 0.161. The van der Waals surface area contributed by atoms with Crippen LogP contribution < -0.4 is 4.90 Å². The summed E-state index contributed by atoms with van der Waals surface area (Å²) < 4.78 is 0. The maximum atomic E-state index is 12.8. The predicted octanol–water partition coefficient (Wildman–Crippen LogP) is 6.63. The number of benzene rings is 2. The van der Waals surface area contributed by atoms with Crippen molar-refractivity contribution in [3.05, 3.63) is 100 Å². The third-order valence-electron chi connectivity index (χ3n) is 6.12. The Bertz CT molecular complexity index is 1390. The van der Waals surface area contributed by atoms with Gasteiger partial charge in [0.25, 0.3) is 11.8 Å². The molecule has 1 saturated heterocycles. The first-order valence-corrected chi connectivity index (χ1v) is 12.6. The number of allylic oxidation sites excluding steroid dienone is 2. The number of likely N-dealkylation sites (N-methyl/N-ethyl adjacent to an activating group) is 2. The van der Waals surface area contributed by atoms with Gasteiger partial charge in [-0.1, -0.05) is 49.1 Å². The number of aryl methyl sites for hydroxylation is 1. The van der Waals surface area contributed by atoms with E-state index in [0.717, 1.165) is 32.4 Å². The minimum absolute atomic E-state index is 0.0941. The SMILES string of the molecule is C=C/C=C\c1c(C)ccc(N(c2ccccc2)c2ccc(C=C3C(=O)N(C)C(=S)N(C)C3=O)s2)c1C. The molecule has 0 radical (unpaired) electrons. The van der Waals surface area contributed by atoms with E-state index in [0.29, 0.717) is 0 Å². The number of hydrogen-bond donors (Lipinski definition) is 0. The molecule has 1 aromatic heterocycles. The Morgan fingerprint density at radius 1 is 0.944 bits per heavy atom. The van der Waals surface area contributed by atoms with E-state index in [1.165, 1.54) is 26.7 Å². The van der Waals surface area contributed by atoms with Crippen LogP contribution >= 0.6 is 23.6 Å². The highest BCUT2D eigenvalue weighted by Crippen LogP contribution is 2.42. The lowest BCUT2D eigenvalue weighted by Crippen LogP contribution is -2.52. The fraction of sp³-hybridized carbons (Fsp3) is 0.138. The van der Waals surface area contributed by atoms with Gasteiger partial charge in [-0.3, -0.25) is 19.4 Å². The zero-order chi connectivity index (χ0) is 26.0. The van der Waals surface area contributed by atoms with Gasteiger partial charge in [0.2, 0.25) is 0 Å². The van der Waals surface area contributed by atoms with Gasteiger partial charge in [-0.05, 0) is 79.2 Å². The van der Waals surface area contributed by atoms with Crippen LogP contribution in [0.2, 0.25) is 0 Å². The number of hydrogen-bond acceptors (Lipinski definition) is 5. The first kappa shape index (κ1) is 25.3. The smallest absolute Gasteiger partial charge is 0.265 e. The highest BCUT2D eigenvalue weighted by atomic mass is 32.1. The molecule has 0 saturated carbocycles. The molecule has 0 unspecified atom stereocenters. The van der Waals surface area contributed by atoms with Crippen LogP contribution in [-0.2, 0) is 9.59 Å². The van der Waals surface area contributed by atoms with Gasteiger partial charge in [-0.15, -0.1) is 11.3 Å². The molecule has 0 atom stereocenters. The number of para-hydroxylation sites is 1. The fourth-order valence-electron chi connectivity index (χ4n) is 4.13. The van der Waals surface area contributed by atoms with Crippen LogP contribution in [0.5, 0.6) is 0 Å². The fourth-order valence-corrected chi connectivity index (χ4v) is 5.29. The summed E-state index contributed by atoms with van der Waals surface area (Å²) in [6, 6.07) is 18.3. The van der Waals surface area contributed by atoms with Crippen LogP contribution in [0.25, 0.3) is 12.2 Å².